The van der Waals surface area contributed by atoms with Crippen molar-refractivity contribution in [3.05, 3.63) is 35.4 Å². The molecule has 1 heteroatoms. The highest BCUT2D eigenvalue weighted by Gasteiger charge is 2.08. The van der Waals surface area contributed by atoms with Gasteiger partial charge in [0.1, 0.15) is 0 Å². The summed E-state index contributed by atoms with van der Waals surface area (Å²) in [5, 5.41) is 0.187. The van der Waals surface area contributed by atoms with Gasteiger partial charge in [-0.25, -0.2) is 0 Å². The summed E-state index contributed by atoms with van der Waals surface area (Å²) in [4.78, 5) is 0. The number of hydrogen-bond donors (Lipinski definition) is 0. The highest BCUT2D eigenvalue weighted by atomic mass is 35.5. The van der Waals surface area contributed by atoms with Crippen molar-refractivity contribution in [1.29, 1.82) is 0 Å². The summed E-state index contributed by atoms with van der Waals surface area (Å²) in [6.45, 7) is 6.71. The minimum absolute atomic E-state index is 0.187. The molecule has 0 fully saturated rings. The first-order valence-electron chi connectivity index (χ1n) is 7.89. The molecule has 1 atom stereocenters. The first-order valence-corrected chi connectivity index (χ1v) is 8.32. The molecule has 0 saturated carbocycles. The summed E-state index contributed by atoms with van der Waals surface area (Å²) in [6.07, 6.45) is 9.13. The van der Waals surface area contributed by atoms with E-state index in [9.17, 15) is 0 Å². The molecule has 0 amide bonds. The minimum Gasteiger partial charge on any atom is -0.118 e. The summed E-state index contributed by atoms with van der Waals surface area (Å²) in [5.41, 5.74) is 2.67. The zero-order valence-electron chi connectivity index (χ0n) is 12.8. The van der Waals surface area contributed by atoms with E-state index >= 15 is 0 Å². The van der Waals surface area contributed by atoms with Crippen LogP contribution in [-0.2, 0) is 0 Å². The standard InChI is InChI=1S/C18H29Cl/c1-4-5-6-7-8-9-10-18(19)17-13-11-16(12-14-17)15(2)3/h11-15,18H,4-10H2,1-3H3. The number of benzene rings is 1. The van der Waals surface area contributed by atoms with E-state index in [0.717, 1.165) is 6.42 Å². The van der Waals surface area contributed by atoms with Crippen LogP contribution in [-0.4, -0.2) is 0 Å². The smallest absolute Gasteiger partial charge is 0.0585 e. The molecule has 1 rings (SSSR count). The zero-order chi connectivity index (χ0) is 14.1. The highest BCUT2D eigenvalue weighted by molar-refractivity contribution is 6.20. The average molecular weight is 281 g/mol. The lowest BCUT2D eigenvalue weighted by Gasteiger charge is -2.12. The van der Waals surface area contributed by atoms with Crippen molar-refractivity contribution in [1.82, 2.24) is 0 Å². The van der Waals surface area contributed by atoms with Crippen LogP contribution in [0.4, 0.5) is 0 Å². The van der Waals surface area contributed by atoms with Crippen LogP contribution in [0.25, 0.3) is 0 Å². The predicted octanol–water partition coefficient (Wildman–Crippen LogP) is 6.84. The van der Waals surface area contributed by atoms with Crippen LogP contribution in [0.2, 0.25) is 0 Å². The molecule has 0 aliphatic heterocycles. The van der Waals surface area contributed by atoms with Gasteiger partial charge in [0.05, 0.1) is 5.38 Å². The molecular formula is C18H29Cl. The largest absolute Gasteiger partial charge is 0.118 e. The first kappa shape index (κ1) is 16.6. The number of hydrogen-bond acceptors (Lipinski definition) is 0. The zero-order valence-corrected chi connectivity index (χ0v) is 13.5. The van der Waals surface area contributed by atoms with Crippen molar-refractivity contribution >= 4 is 11.6 Å². The Bertz CT molecular complexity index is 326. The third-order valence-electron chi connectivity index (χ3n) is 3.78. The molecule has 1 aromatic carbocycles. The molecule has 0 nitrogen and oxygen atoms in total. The van der Waals surface area contributed by atoms with Crippen molar-refractivity contribution < 1.29 is 0 Å². The molecule has 0 aliphatic carbocycles. The Balaban J connectivity index is 2.27. The quantitative estimate of drug-likeness (QED) is 0.343. The maximum absolute atomic E-state index is 6.48. The Morgan fingerprint density at radius 2 is 1.37 bits per heavy atom. The Hall–Kier alpha value is -0.490. The fourth-order valence-corrected chi connectivity index (χ4v) is 2.66. The van der Waals surface area contributed by atoms with E-state index in [4.69, 9.17) is 11.6 Å². The molecule has 0 spiro atoms. The molecule has 0 aliphatic rings. The second kappa shape index (κ2) is 9.42. The molecule has 0 bridgehead atoms. The van der Waals surface area contributed by atoms with E-state index < -0.39 is 0 Å². The topological polar surface area (TPSA) is 0 Å². The average Bonchev–Trinajstić information content (AvgIpc) is 2.42. The van der Waals surface area contributed by atoms with Crippen LogP contribution in [0.5, 0.6) is 0 Å². The number of rotatable bonds is 9. The van der Waals surface area contributed by atoms with Crippen LogP contribution in [0.1, 0.15) is 88.1 Å². The van der Waals surface area contributed by atoms with Crippen molar-refractivity contribution in [2.45, 2.75) is 77.0 Å². The van der Waals surface area contributed by atoms with Crippen LogP contribution >= 0.6 is 11.6 Å². The minimum atomic E-state index is 0.187. The van der Waals surface area contributed by atoms with Gasteiger partial charge in [-0.05, 0) is 23.5 Å². The lowest BCUT2D eigenvalue weighted by atomic mass is 9.99. The van der Waals surface area contributed by atoms with E-state index in [1.807, 2.05) is 0 Å². The Morgan fingerprint density at radius 3 is 1.95 bits per heavy atom. The fraction of sp³-hybridized carbons (Fsp3) is 0.667. The van der Waals surface area contributed by atoms with Gasteiger partial charge in [0, 0.05) is 0 Å². The number of alkyl halides is 1. The summed E-state index contributed by atoms with van der Waals surface area (Å²) >= 11 is 6.48. The van der Waals surface area contributed by atoms with Gasteiger partial charge in [-0.2, -0.15) is 0 Å². The van der Waals surface area contributed by atoms with Gasteiger partial charge < -0.3 is 0 Å². The highest BCUT2D eigenvalue weighted by Crippen LogP contribution is 2.28. The van der Waals surface area contributed by atoms with Crippen LogP contribution < -0.4 is 0 Å². The molecule has 1 unspecified atom stereocenters. The van der Waals surface area contributed by atoms with Gasteiger partial charge in [-0.15, -0.1) is 11.6 Å². The fourth-order valence-electron chi connectivity index (χ4n) is 2.36. The van der Waals surface area contributed by atoms with E-state index in [1.54, 1.807) is 0 Å². The van der Waals surface area contributed by atoms with Crippen LogP contribution in [0.3, 0.4) is 0 Å². The summed E-state index contributed by atoms with van der Waals surface area (Å²) < 4.78 is 0. The SMILES string of the molecule is CCCCCCCCC(Cl)c1ccc(C(C)C)cc1. The number of halogens is 1. The Kier molecular flexibility index (Phi) is 8.21. The third kappa shape index (κ3) is 6.47. The van der Waals surface area contributed by atoms with E-state index in [1.165, 1.54) is 49.7 Å². The third-order valence-corrected chi connectivity index (χ3v) is 4.25. The van der Waals surface area contributed by atoms with Crippen molar-refractivity contribution in [3.8, 4) is 0 Å². The lowest BCUT2D eigenvalue weighted by Crippen LogP contribution is -1.93. The maximum atomic E-state index is 6.48. The maximum Gasteiger partial charge on any atom is 0.0585 e. The van der Waals surface area contributed by atoms with Gasteiger partial charge >= 0.3 is 0 Å². The second-order valence-corrected chi connectivity index (χ2v) is 6.37. The summed E-state index contributed by atoms with van der Waals surface area (Å²) in [6, 6.07) is 8.83. The van der Waals surface area contributed by atoms with Crippen molar-refractivity contribution in [2.24, 2.45) is 0 Å². The van der Waals surface area contributed by atoms with E-state index in [-0.39, 0.29) is 5.38 Å². The van der Waals surface area contributed by atoms with Gasteiger partial charge in [-0.1, -0.05) is 83.6 Å². The number of unbranched alkanes of at least 4 members (excludes halogenated alkanes) is 5. The van der Waals surface area contributed by atoms with Crippen molar-refractivity contribution in [3.63, 3.8) is 0 Å². The summed E-state index contributed by atoms with van der Waals surface area (Å²) in [5.74, 6) is 0.599. The molecule has 108 valence electrons. The van der Waals surface area contributed by atoms with Gasteiger partial charge in [0.2, 0.25) is 0 Å². The normalized spacial score (nSPS) is 12.9. The van der Waals surface area contributed by atoms with Crippen LogP contribution in [0, 0.1) is 0 Å². The molecule has 0 heterocycles. The molecule has 0 N–H and O–H groups in total. The predicted molar refractivity (Wildman–Crippen MR) is 87.1 cm³/mol. The Labute approximate surface area is 124 Å². The molecule has 0 saturated heterocycles. The van der Waals surface area contributed by atoms with Gasteiger partial charge in [-0.3, -0.25) is 0 Å². The Morgan fingerprint density at radius 1 is 0.842 bits per heavy atom. The molecular weight excluding hydrogens is 252 g/mol. The first-order chi connectivity index (χ1) is 9.15. The molecule has 0 aromatic heterocycles. The molecule has 1 aromatic rings. The van der Waals surface area contributed by atoms with Gasteiger partial charge in [0.25, 0.3) is 0 Å². The lowest BCUT2D eigenvalue weighted by molar-refractivity contribution is 0.584. The summed E-state index contributed by atoms with van der Waals surface area (Å²) in [7, 11) is 0. The van der Waals surface area contributed by atoms with E-state index in [0.29, 0.717) is 5.92 Å². The second-order valence-electron chi connectivity index (χ2n) is 5.85. The van der Waals surface area contributed by atoms with Gasteiger partial charge in [0.15, 0.2) is 0 Å². The molecule has 19 heavy (non-hydrogen) atoms. The van der Waals surface area contributed by atoms with Crippen LogP contribution in [0.15, 0.2) is 24.3 Å². The van der Waals surface area contributed by atoms with Crippen molar-refractivity contribution in [2.75, 3.05) is 0 Å². The monoisotopic (exact) mass is 280 g/mol. The molecule has 0 radical (unpaired) electrons. The van der Waals surface area contributed by atoms with E-state index in [2.05, 4.69) is 45.0 Å².